The van der Waals surface area contributed by atoms with Gasteiger partial charge in [0.15, 0.2) is 0 Å². The van der Waals surface area contributed by atoms with Crippen LogP contribution in [0.1, 0.15) is 54.9 Å². The fourth-order valence-electron chi connectivity index (χ4n) is 2.97. The molecule has 4 heteroatoms. The van der Waals surface area contributed by atoms with Crippen LogP contribution >= 0.6 is 11.6 Å². The van der Waals surface area contributed by atoms with Crippen molar-refractivity contribution in [3.8, 4) is 0 Å². The summed E-state index contributed by atoms with van der Waals surface area (Å²) in [5.74, 6) is -0.932. The van der Waals surface area contributed by atoms with Gasteiger partial charge in [0.2, 0.25) is 0 Å². The summed E-state index contributed by atoms with van der Waals surface area (Å²) in [6.07, 6.45) is 6.50. The number of hydrogen-bond acceptors (Lipinski definition) is 2. The molecule has 1 N–H and O–H groups in total. The first-order chi connectivity index (χ1) is 9.61. The van der Waals surface area contributed by atoms with Gasteiger partial charge in [0.1, 0.15) is 0 Å². The number of carboxylic acid groups (broad SMARTS) is 1. The maximum absolute atomic E-state index is 10.9. The second kappa shape index (κ2) is 7.09. The predicted octanol–water partition coefficient (Wildman–Crippen LogP) is 4.19. The molecule has 110 valence electrons. The van der Waals surface area contributed by atoms with Gasteiger partial charge in [0.05, 0.1) is 5.56 Å². The number of halogens is 1. The molecular weight excluding hydrogens is 274 g/mol. The van der Waals surface area contributed by atoms with Crippen LogP contribution in [0.4, 0.5) is 0 Å². The Morgan fingerprint density at radius 2 is 2.05 bits per heavy atom. The van der Waals surface area contributed by atoms with Gasteiger partial charge in [-0.25, -0.2) is 4.79 Å². The third-order valence-electron chi connectivity index (χ3n) is 4.17. The Labute approximate surface area is 125 Å². The minimum atomic E-state index is -0.932. The largest absolute Gasteiger partial charge is 0.478 e. The molecule has 3 nitrogen and oxygen atoms in total. The molecule has 0 spiro atoms. The predicted molar refractivity (Wildman–Crippen MR) is 81.4 cm³/mol. The van der Waals surface area contributed by atoms with E-state index in [2.05, 4.69) is 11.8 Å². The summed E-state index contributed by atoms with van der Waals surface area (Å²) in [5, 5.41) is 9.52. The molecule has 0 amide bonds. The lowest BCUT2D eigenvalue weighted by Gasteiger charge is -2.33. The number of benzene rings is 1. The van der Waals surface area contributed by atoms with Crippen LogP contribution < -0.4 is 0 Å². The topological polar surface area (TPSA) is 40.5 Å². The van der Waals surface area contributed by atoms with E-state index in [4.69, 9.17) is 16.7 Å². The highest BCUT2D eigenvalue weighted by molar-refractivity contribution is 6.31. The van der Waals surface area contributed by atoms with Crippen molar-refractivity contribution in [3.63, 3.8) is 0 Å². The number of carboxylic acids is 1. The van der Waals surface area contributed by atoms with Crippen LogP contribution in [0.15, 0.2) is 18.2 Å². The van der Waals surface area contributed by atoms with Crippen molar-refractivity contribution < 1.29 is 9.90 Å². The molecule has 1 aliphatic rings. The van der Waals surface area contributed by atoms with Gasteiger partial charge >= 0.3 is 5.97 Å². The Morgan fingerprint density at radius 1 is 1.35 bits per heavy atom. The Bertz CT molecular complexity index is 470. The highest BCUT2D eigenvalue weighted by Crippen LogP contribution is 2.26. The lowest BCUT2D eigenvalue weighted by molar-refractivity contribution is 0.0697. The fraction of sp³-hybridized carbons (Fsp3) is 0.562. The molecule has 1 aliphatic carbocycles. The Balaban J connectivity index is 2.08. The SMILES string of the molecule is CCN(Cc1ccc(C(=O)O)cc1Cl)C1CCCCC1. The highest BCUT2D eigenvalue weighted by atomic mass is 35.5. The van der Waals surface area contributed by atoms with Gasteiger partial charge in [-0.3, -0.25) is 4.90 Å². The zero-order valence-electron chi connectivity index (χ0n) is 11.9. The van der Waals surface area contributed by atoms with Crippen molar-refractivity contribution in [2.24, 2.45) is 0 Å². The van der Waals surface area contributed by atoms with Crippen molar-refractivity contribution in [2.45, 2.75) is 51.6 Å². The van der Waals surface area contributed by atoms with Gasteiger partial charge in [-0.15, -0.1) is 0 Å². The monoisotopic (exact) mass is 295 g/mol. The van der Waals surface area contributed by atoms with E-state index in [1.807, 2.05) is 6.07 Å². The van der Waals surface area contributed by atoms with E-state index in [0.29, 0.717) is 11.1 Å². The lowest BCUT2D eigenvalue weighted by atomic mass is 9.94. The summed E-state index contributed by atoms with van der Waals surface area (Å²) in [6, 6.07) is 5.67. The second-order valence-electron chi connectivity index (χ2n) is 5.47. The zero-order chi connectivity index (χ0) is 14.5. The minimum Gasteiger partial charge on any atom is -0.478 e. The van der Waals surface area contributed by atoms with E-state index < -0.39 is 5.97 Å². The Hall–Kier alpha value is -1.06. The maximum Gasteiger partial charge on any atom is 0.335 e. The first-order valence-corrected chi connectivity index (χ1v) is 7.75. The van der Waals surface area contributed by atoms with Crippen LogP contribution in [-0.4, -0.2) is 28.6 Å². The van der Waals surface area contributed by atoms with E-state index in [9.17, 15) is 4.79 Å². The van der Waals surface area contributed by atoms with E-state index in [1.165, 1.54) is 32.1 Å². The van der Waals surface area contributed by atoms with Gasteiger partial charge in [-0.2, -0.15) is 0 Å². The number of nitrogens with zero attached hydrogens (tertiary/aromatic N) is 1. The van der Waals surface area contributed by atoms with E-state index in [0.717, 1.165) is 18.7 Å². The van der Waals surface area contributed by atoms with Crippen molar-refractivity contribution in [1.29, 1.82) is 0 Å². The summed E-state index contributed by atoms with van der Waals surface area (Å²) in [6.45, 7) is 3.98. The molecule has 0 aliphatic heterocycles. The molecule has 1 aromatic carbocycles. The van der Waals surface area contributed by atoms with Crippen LogP contribution in [0.3, 0.4) is 0 Å². The van der Waals surface area contributed by atoms with Crippen molar-refractivity contribution in [1.82, 2.24) is 4.90 Å². The van der Waals surface area contributed by atoms with Crippen LogP contribution in [0.25, 0.3) is 0 Å². The molecule has 0 radical (unpaired) electrons. The molecule has 0 unspecified atom stereocenters. The average molecular weight is 296 g/mol. The molecule has 0 aromatic heterocycles. The van der Waals surface area contributed by atoms with E-state index >= 15 is 0 Å². The van der Waals surface area contributed by atoms with Crippen LogP contribution in [-0.2, 0) is 6.54 Å². The lowest BCUT2D eigenvalue weighted by Crippen LogP contribution is -2.36. The third kappa shape index (κ3) is 3.74. The third-order valence-corrected chi connectivity index (χ3v) is 4.52. The van der Waals surface area contributed by atoms with Gasteiger partial charge in [-0.05, 0) is 37.1 Å². The van der Waals surface area contributed by atoms with Gasteiger partial charge in [-0.1, -0.05) is 43.9 Å². The molecule has 1 aromatic rings. The van der Waals surface area contributed by atoms with Crippen molar-refractivity contribution in [2.75, 3.05) is 6.54 Å². The minimum absolute atomic E-state index is 0.250. The molecule has 0 heterocycles. The van der Waals surface area contributed by atoms with Crippen molar-refractivity contribution >= 4 is 17.6 Å². The van der Waals surface area contributed by atoms with Crippen LogP contribution in [0.5, 0.6) is 0 Å². The van der Waals surface area contributed by atoms with Gasteiger partial charge in [0, 0.05) is 17.6 Å². The summed E-state index contributed by atoms with van der Waals surface area (Å²) < 4.78 is 0. The molecule has 1 saturated carbocycles. The second-order valence-corrected chi connectivity index (χ2v) is 5.87. The first kappa shape index (κ1) is 15.3. The van der Waals surface area contributed by atoms with Crippen molar-refractivity contribution in [3.05, 3.63) is 34.3 Å². The smallest absolute Gasteiger partial charge is 0.335 e. The molecule has 20 heavy (non-hydrogen) atoms. The van der Waals surface area contributed by atoms with E-state index in [-0.39, 0.29) is 5.56 Å². The number of hydrogen-bond donors (Lipinski definition) is 1. The Kier molecular flexibility index (Phi) is 5.44. The standard InChI is InChI=1S/C16H22ClNO2/c1-2-18(14-6-4-3-5-7-14)11-13-9-8-12(16(19)20)10-15(13)17/h8-10,14H,2-7,11H2,1H3,(H,19,20). The van der Waals surface area contributed by atoms with E-state index in [1.54, 1.807) is 12.1 Å². The molecule has 1 fully saturated rings. The summed E-state index contributed by atoms with van der Waals surface area (Å²) in [5.41, 5.74) is 1.27. The first-order valence-electron chi connectivity index (χ1n) is 7.37. The van der Waals surface area contributed by atoms with Gasteiger partial charge in [0.25, 0.3) is 0 Å². The normalized spacial score (nSPS) is 16.6. The maximum atomic E-state index is 10.9. The molecule has 0 atom stereocenters. The number of aromatic carboxylic acids is 1. The molecule has 0 saturated heterocycles. The fourth-order valence-corrected chi connectivity index (χ4v) is 3.21. The highest BCUT2D eigenvalue weighted by Gasteiger charge is 2.20. The van der Waals surface area contributed by atoms with Crippen LogP contribution in [0.2, 0.25) is 5.02 Å². The summed E-state index contributed by atoms with van der Waals surface area (Å²) in [7, 11) is 0. The quantitative estimate of drug-likeness (QED) is 0.885. The summed E-state index contributed by atoms with van der Waals surface area (Å²) >= 11 is 6.22. The average Bonchev–Trinajstić information content (AvgIpc) is 2.46. The number of rotatable bonds is 5. The number of carbonyl (C=O) groups is 1. The van der Waals surface area contributed by atoms with Crippen LogP contribution in [0, 0.1) is 0 Å². The molecule has 0 bridgehead atoms. The zero-order valence-corrected chi connectivity index (χ0v) is 12.7. The van der Waals surface area contributed by atoms with Gasteiger partial charge < -0.3 is 5.11 Å². The molecular formula is C16H22ClNO2. The Morgan fingerprint density at radius 3 is 2.60 bits per heavy atom. The summed E-state index contributed by atoms with van der Waals surface area (Å²) in [4.78, 5) is 13.4. The molecule has 2 rings (SSSR count).